The Morgan fingerprint density at radius 1 is 1.14 bits per heavy atom. The number of aryl methyl sites for hydroxylation is 1. The van der Waals surface area contributed by atoms with Crippen LogP contribution in [0.5, 0.6) is 0 Å². The lowest BCUT2D eigenvalue weighted by atomic mass is 9.95. The minimum absolute atomic E-state index is 0.0331. The number of fused-ring (bicyclic) bond motifs is 1. The van der Waals surface area contributed by atoms with E-state index in [9.17, 15) is 18.0 Å². The molecule has 2 aromatic rings. The van der Waals surface area contributed by atoms with Gasteiger partial charge in [0, 0.05) is 16.1 Å². The average molecular weight is 423 g/mol. The Labute approximate surface area is 168 Å². The first-order valence-corrected chi connectivity index (χ1v) is 11.5. The number of carbonyl (C=O) groups excluding carboxylic acids is 2. The lowest BCUT2D eigenvalue weighted by Crippen LogP contribution is -2.16. The standard InChI is InChI=1S/C19H22N2O5S2/c1-3-28(24,25)21-13-10-8-12(9-11-13)17(22)20-18-16(19(23)26-2)14-6-4-5-7-15(14)27-18/h8-11,21H,3-7H2,1-2H3,(H,20,22). The van der Waals surface area contributed by atoms with Gasteiger partial charge in [0.25, 0.3) is 5.91 Å². The van der Waals surface area contributed by atoms with E-state index in [2.05, 4.69) is 10.0 Å². The van der Waals surface area contributed by atoms with Crippen LogP contribution >= 0.6 is 11.3 Å². The molecule has 28 heavy (non-hydrogen) atoms. The second-order valence-electron chi connectivity index (χ2n) is 6.44. The van der Waals surface area contributed by atoms with Crippen molar-refractivity contribution < 1.29 is 22.7 Å². The predicted molar refractivity (Wildman–Crippen MR) is 110 cm³/mol. The number of benzene rings is 1. The highest BCUT2D eigenvalue weighted by molar-refractivity contribution is 7.92. The molecule has 9 heteroatoms. The molecule has 2 N–H and O–H groups in total. The molecule has 1 amide bonds. The van der Waals surface area contributed by atoms with E-state index in [1.807, 2.05) is 0 Å². The molecule has 0 aliphatic heterocycles. The zero-order valence-corrected chi connectivity index (χ0v) is 17.3. The van der Waals surface area contributed by atoms with Crippen molar-refractivity contribution in [3.05, 3.63) is 45.8 Å². The number of hydrogen-bond acceptors (Lipinski definition) is 6. The molecule has 0 unspecified atom stereocenters. The molecule has 1 aliphatic rings. The average Bonchev–Trinajstić information content (AvgIpc) is 3.05. The van der Waals surface area contributed by atoms with E-state index in [4.69, 9.17) is 4.74 Å². The summed E-state index contributed by atoms with van der Waals surface area (Å²) in [5, 5.41) is 3.32. The Kier molecular flexibility index (Phi) is 6.04. The van der Waals surface area contributed by atoms with Gasteiger partial charge in [0.1, 0.15) is 5.00 Å². The smallest absolute Gasteiger partial charge is 0.341 e. The van der Waals surface area contributed by atoms with E-state index < -0.39 is 16.0 Å². The second-order valence-corrected chi connectivity index (χ2v) is 9.56. The van der Waals surface area contributed by atoms with Gasteiger partial charge >= 0.3 is 5.97 Å². The van der Waals surface area contributed by atoms with Crippen molar-refractivity contribution in [2.75, 3.05) is 22.9 Å². The summed E-state index contributed by atoms with van der Waals surface area (Å²) in [6, 6.07) is 6.13. The molecule has 0 saturated carbocycles. The van der Waals surface area contributed by atoms with Crippen LogP contribution in [0.15, 0.2) is 24.3 Å². The Morgan fingerprint density at radius 3 is 2.46 bits per heavy atom. The van der Waals surface area contributed by atoms with Crippen LogP contribution in [-0.2, 0) is 27.6 Å². The number of anilines is 2. The minimum Gasteiger partial charge on any atom is -0.465 e. The lowest BCUT2D eigenvalue weighted by molar-refractivity contribution is 0.0601. The van der Waals surface area contributed by atoms with Crippen LogP contribution in [0.3, 0.4) is 0 Å². The number of amides is 1. The summed E-state index contributed by atoms with van der Waals surface area (Å²) in [7, 11) is -2.04. The number of methoxy groups -OCH3 is 1. The van der Waals surface area contributed by atoms with Gasteiger partial charge in [-0.15, -0.1) is 11.3 Å². The lowest BCUT2D eigenvalue weighted by Gasteiger charge is -2.12. The second kappa shape index (κ2) is 8.32. The summed E-state index contributed by atoms with van der Waals surface area (Å²) in [5.41, 5.74) is 2.17. The number of hydrogen-bond donors (Lipinski definition) is 2. The van der Waals surface area contributed by atoms with Crippen molar-refractivity contribution in [3.8, 4) is 0 Å². The first-order chi connectivity index (χ1) is 13.3. The Morgan fingerprint density at radius 2 is 1.82 bits per heavy atom. The third-order valence-electron chi connectivity index (χ3n) is 4.59. The van der Waals surface area contributed by atoms with Gasteiger partial charge in [-0.25, -0.2) is 13.2 Å². The predicted octanol–water partition coefficient (Wildman–Crippen LogP) is 3.43. The monoisotopic (exact) mass is 422 g/mol. The molecule has 1 aromatic heterocycles. The molecule has 0 saturated heterocycles. The fourth-order valence-electron chi connectivity index (χ4n) is 3.09. The number of rotatable bonds is 6. The highest BCUT2D eigenvalue weighted by Crippen LogP contribution is 2.38. The number of thiophene rings is 1. The third kappa shape index (κ3) is 4.36. The maximum atomic E-state index is 12.6. The maximum absolute atomic E-state index is 12.6. The van der Waals surface area contributed by atoms with E-state index in [1.54, 1.807) is 6.92 Å². The van der Waals surface area contributed by atoms with Crippen molar-refractivity contribution in [2.24, 2.45) is 0 Å². The number of nitrogens with one attached hydrogen (secondary N) is 2. The van der Waals surface area contributed by atoms with Crippen molar-refractivity contribution in [2.45, 2.75) is 32.6 Å². The van der Waals surface area contributed by atoms with Gasteiger partial charge in [0.15, 0.2) is 0 Å². The quantitative estimate of drug-likeness (QED) is 0.695. The van der Waals surface area contributed by atoms with Gasteiger partial charge in [0.05, 0.1) is 18.4 Å². The Hall–Kier alpha value is -2.39. The molecule has 0 radical (unpaired) electrons. The van der Waals surface area contributed by atoms with Crippen LogP contribution < -0.4 is 10.0 Å². The van der Waals surface area contributed by atoms with Gasteiger partial charge in [-0.1, -0.05) is 0 Å². The van der Waals surface area contributed by atoms with Crippen LogP contribution in [0.4, 0.5) is 10.7 Å². The molecule has 0 bridgehead atoms. The van der Waals surface area contributed by atoms with E-state index in [0.717, 1.165) is 36.1 Å². The molecule has 1 heterocycles. The molecule has 0 atom stereocenters. The van der Waals surface area contributed by atoms with Crippen LogP contribution in [-0.4, -0.2) is 33.2 Å². The van der Waals surface area contributed by atoms with Crippen molar-refractivity contribution in [1.29, 1.82) is 0 Å². The van der Waals surface area contributed by atoms with Crippen LogP contribution in [0, 0.1) is 0 Å². The summed E-state index contributed by atoms with van der Waals surface area (Å²) in [6.45, 7) is 1.55. The Bertz CT molecular complexity index is 994. The fourth-order valence-corrected chi connectivity index (χ4v) is 5.00. The number of sulfonamides is 1. The van der Waals surface area contributed by atoms with Gasteiger partial charge in [-0.05, 0) is 62.4 Å². The van der Waals surface area contributed by atoms with Gasteiger partial charge in [-0.3, -0.25) is 9.52 Å². The summed E-state index contributed by atoms with van der Waals surface area (Å²) in [6.07, 6.45) is 3.78. The highest BCUT2D eigenvalue weighted by atomic mass is 32.2. The molecule has 150 valence electrons. The van der Waals surface area contributed by atoms with Crippen LogP contribution in [0.1, 0.15) is 50.9 Å². The first-order valence-electron chi connectivity index (χ1n) is 8.99. The maximum Gasteiger partial charge on any atom is 0.341 e. The molecular formula is C19H22N2O5S2. The Balaban J connectivity index is 1.81. The minimum atomic E-state index is -3.37. The zero-order chi connectivity index (χ0) is 20.3. The summed E-state index contributed by atoms with van der Waals surface area (Å²) < 4.78 is 30.6. The topological polar surface area (TPSA) is 102 Å². The number of ether oxygens (including phenoxy) is 1. The highest BCUT2D eigenvalue weighted by Gasteiger charge is 2.27. The number of esters is 1. The third-order valence-corrected chi connectivity index (χ3v) is 7.10. The van der Waals surface area contributed by atoms with E-state index in [-0.39, 0.29) is 11.7 Å². The van der Waals surface area contributed by atoms with Crippen molar-refractivity contribution in [1.82, 2.24) is 0 Å². The van der Waals surface area contributed by atoms with Gasteiger partial charge in [-0.2, -0.15) is 0 Å². The van der Waals surface area contributed by atoms with Gasteiger partial charge < -0.3 is 10.1 Å². The van der Waals surface area contributed by atoms with E-state index in [0.29, 0.717) is 21.8 Å². The normalized spacial score (nSPS) is 13.5. The fraction of sp³-hybridized carbons (Fsp3) is 0.368. The molecule has 1 aliphatic carbocycles. The zero-order valence-electron chi connectivity index (χ0n) is 15.7. The van der Waals surface area contributed by atoms with Gasteiger partial charge in [0.2, 0.25) is 10.0 Å². The SMILES string of the molecule is CCS(=O)(=O)Nc1ccc(C(=O)Nc2sc3c(c2C(=O)OC)CCCC3)cc1. The largest absolute Gasteiger partial charge is 0.465 e. The van der Waals surface area contributed by atoms with Crippen LogP contribution in [0.25, 0.3) is 0 Å². The summed E-state index contributed by atoms with van der Waals surface area (Å²) >= 11 is 1.42. The molecule has 3 rings (SSSR count). The molecule has 1 aromatic carbocycles. The van der Waals surface area contributed by atoms with Crippen molar-refractivity contribution >= 4 is 43.9 Å². The molecular weight excluding hydrogens is 400 g/mol. The summed E-state index contributed by atoms with van der Waals surface area (Å²) in [5.74, 6) is -0.845. The van der Waals surface area contributed by atoms with E-state index >= 15 is 0 Å². The van der Waals surface area contributed by atoms with E-state index in [1.165, 1.54) is 42.7 Å². The molecule has 0 fully saturated rings. The van der Waals surface area contributed by atoms with Crippen LogP contribution in [0.2, 0.25) is 0 Å². The first kappa shape index (κ1) is 20.3. The van der Waals surface area contributed by atoms with Crippen molar-refractivity contribution in [3.63, 3.8) is 0 Å². The summed E-state index contributed by atoms with van der Waals surface area (Å²) in [4.78, 5) is 26.0. The number of carbonyl (C=O) groups is 2. The molecule has 0 spiro atoms. The molecule has 7 nitrogen and oxygen atoms in total.